The maximum Gasteiger partial charge on any atom is 2.00 e. The van der Waals surface area contributed by atoms with Crippen molar-refractivity contribution in [3.05, 3.63) is 6.92 Å². The summed E-state index contributed by atoms with van der Waals surface area (Å²) in [7, 11) is 0. The van der Waals surface area contributed by atoms with Crippen LogP contribution in [0.15, 0.2) is 0 Å². The van der Waals surface area contributed by atoms with Crippen LogP contribution in [0.25, 0.3) is 0 Å². The minimum absolute atomic E-state index is 0. The summed E-state index contributed by atoms with van der Waals surface area (Å²) in [6.07, 6.45) is 0. The van der Waals surface area contributed by atoms with Gasteiger partial charge < -0.3 is 28.8 Å². The van der Waals surface area contributed by atoms with Crippen molar-refractivity contribution in [3.63, 3.8) is 0 Å². The third kappa shape index (κ3) is 7.56. The molecule has 0 saturated carbocycles. The molecule has 0 aliphatic heterocycles. The zero-order chi connectivity index (χ0) is 7.44. The molecule has 0 aliphatic rings. The van der Waals surface area contributed by atoms with E-state index in [9.17, 15) is 0 Å². The van der Waals surface area contributed by atoms with Crippen molar-refractivity contribution in [1.82, 2.24) is 4.90 Å². The van der Waals surface area contributed by atoms with Crippen LogP contribution in [0.5, 0.6) is 0 Å². The van der Waals surface area contributed by atoms with E-state index in [1.165, 1.54) is 0 Å². The van der Waals surface area contributed by atoms with Gasteiger partial charge >= 0.3 is 23.1 Å². The van der Waals surface area contributed by atoms with Gasteiger partial charge in [0.1, 0.15) is 0 Å². The van der Waals surface area contributed by atoms with E-state index in [-0.39, 0.29) is 40.0 Å². The molecule has 0 N–H and O–H groups in total. The van der Waals surface area contributed by atoms with Crippen molar-refractivity contribution in [2.24, 2.45) is 0 Å². The predicted octanol–water partition coefficient (Wildman–Crippen LogP) is -1.44. The molecule has 0 aromatic carbocycles. The van der Waals surface area contributed by atoms with Gasteiger partial charge in [0.15, 0.2) is 0 Å². The van der Waals surface area contributed by atoms with Crippen LogP contribution in [0.2, 0.25) is 0 Å². The van der Waals surface area contributed by atoms with Gasteiger partial charge in [-0.1, -0.05) is 0 Å². The molecule has 1 nitrogen and oxygen atoms in total. The zero-order valence-electron chi connectivity index (χ0n) is 8.10. The third-order valence-electron chi connectivity index (χ3n) is 1.58. The molecule has 0 fully saturated rings. The van der Waals surface area contributed by atoms with Crippen LogP contribution in [0, 0.1) is 6.92 Å². The molecule has 0 heterocycles. The summed E-state index contributed by atoms with van der Waals surface area (Å²) in [5, 5.41) is 0. The first-order valence-electron chi connectivity index (χ1n) is 3.64. The molecule has 0 rings (SSSR count). The van der Waals surface area contributed by atoms with Crippen LogP contribution < -0.4 is 17.0 Å². The number of hydrogen-bond acceptors (Lipinski definition) is 1. The Labute approximate surface area is 97.8 Å². The van der Waals surface area contributed by atoms with E-state index in [4.69, 9.17) is 0 Å². The monoisotopic (exact) mass is 231 g/mol. The number of nitrogens with zero attached hydrogens (tertiary/aromatic N) is 1. The molecular weight excluding hydrogens is 214 g/mol. The fourth-order valence-corrected chi connectivity index (χ4v) is 1.11. The fourth-order valence-electron chi connectivity index (χ4n) is 1.11. The van der Waals surface area contributed by atoms with E-state index in [0.717, 1.165) is 6.54 Å². The summed E-state index contributed by atoms with van der Waals surface area (Å²) in [5.74, 6) is 0. The van der Waals surface area contributed by atoms with Gasteiger partial charge in [0.05, 0.1) is 0 Å². The van der Waals surface area contributed by atoms with Gasteiger partial charge in [-0.15, -0.1) is 6.54 Å². The maximum atomic E-state index is 3.85. The smallest absolute Gasteiger partial charge is 1.00 e. The molecule has 0 saturated heterocycles. The molecular formula is C8H18BrMgN. The Balaban J connectivity index is -0.000000320. The van der Waals surface area contributed by atoms with Crippen LogP contribution in [-0.4, -0.2) is 46.6 Å². The van der Waals surface area contributed by atoms with Gasteiger partial charge in [-0.25, -0.2) is 0 Å². The molecule has 0 aliphatic carbocycles. The SMILES string of the molecule is [Br-].[CH2-]CN(C(C)C)C(C)C.[Mg+2]. The average molecular weight is 232 g/mol. The first kappa shape index (κ1) is 18.1. The molecule has 0 aromatic heterocycles. The second-order valence-corrected chi connectivity index (χ2v) is 2.93. The minimum Gasteiger partial charge on any atom is -1.00 e. The van der Waals surface area contributed by atoms with Gasteiger partial charge in [0, 0.05) is 12.1 Å². The van der Waals surface area contributed by atoms with E-state index in [0.29, 0.717) is 12.1 Å². The standard InChI is InChI=1S/C8H18N.BrH.Mg/c1-6-9(7(2)3)8(4)5;;/h7-8H,1,6H2,2-5H3;1H;/q-1;;+2/p-1. The Morgan fingerprint density at radius 1 is 1.09 bits per heavy atom. The molecule has 0 radical (unpaired) electrons. The van der Waals surface area contributed by atoms with Crippen molar-refractivity contribution in [3.8, 4) is 0 Å². The first-order valence-corrected chi connectivity index (χ1v) is 3.64. The zero-order valence-corrected chi connectivity index (χ0v) is 11.1. The molecule has 3 heteroatoms. The summed E-state index contributed by atoms with van der Waals surface area (Å²) < 4.78 is 0. The van der Waals surface area contributed by atoms with Crippen LogP contribution in [0.1, 0.15) is 27.7 Å². The van der Waals surface area contributed by atoms with Gasteiger partial charge in [-0.3, -0.25) is 0 Å². The largest absolute Gasteiger partial charge is 2.00 e. The van der Waals surface area contributed by atoms with E-state index >= 15 is 0 Å². The van der Waals surface area contributed by atoms with E-state index < -0.39 is 0 Å². The second kappa shape index (κ2) is 9.30. The summed E-state index contributed by atoms with van der Waals surface area (Å²) in [4.78, 5) is 2.35. The van der Waals surface area contributed by atoms with Crippen LogP contribution in [-0.2, 0) is 0 Å². The maximum absolute atomic E-state index is 3.85. The van der Waals surface area contributed by atoms with Gasteiger partial charge in [-0.2, -0.15) is 0 Å². The van der Waals surface area contributed by atoms with Crippen molar-refractivity contribution >= 4 is 23.1 Å². The first-order chi connectivity index (χ1) is 4.09. The quantitative estimate of drug-likeness (QED) is 0.426. The Bertz CT molecular complexity index is 68.5. The van der Waals surface area contributed by atoms with E-state index in [1.807, 2.05) is 0 Å². The molecule has 64 valence electrons. The predicted molar refractivity (Wildman–Crippen MR) is 48.1 cm³/mol. The van der Waals surface area contributed by atoms with Crippen molar-refractivity contribution in [2.75, 3.05) is 6.54 Å². The molecule has 0 atom stereocenters. The molecule has 0 amide bonds. The third-order valence-corrected chi connectivity index (χ3v) is 1.58. The topological polar surface area (TPSA) is 3.24 Å². The van der Waals surface area contributed by atoms with E-state index in [2.05, 4.69) is 39.5 Å². The second-order valence-electron chi connectivity index (χ2n) is 2.93. The number of hydrogen-bond donors (Lipinski definition) is 0. The molecule has 11 heavy (non-hydrogen) atoms. The summed E-state index contributed by atoms with van der Waals surface area (Å²) >= 11 is 0. The van der Waals surface area contributed by atoms with Gasteiger partial charge in [0.2, 0.25) is 0 Å². The average Bonchev–Trinajstić information content (AvgIpc) is 1.64. The van der Waals surface area contributed by atoms with Crippen LogP contribution >= 0.6 is 0 Å². The molecule has 0 bridgehead atoms. The molecule has 0 spiro atoms. The van der Waals surface area contributed by atoms with Crippen LogP contribution in [0.4, 0.5) is 0 Å². The van der Waals surface area contributed by atoms with Gasteiger partial charge in [0.25, 0.3) is 0 Å². The van der Waals surface area contributed by atoms with Crippen molar-refractivity contribution < 1.29 is 17.0 Å². The summed E-state index contributed by atoms with van der Waals surface area (Å²) in [6.45, 7) is 13.6. The van der Waals surface area contributed by atoms with Crippen molar-refractivity contribution in [1.29, 1.82) is 0 Å². The Kier molecular flexibility index (Phi) is 15.3. The van der Waals surface area contributed by atoms with E-state index in [1.54, 1.807) is 0 Å². The van der Waals surface area contributed by atoms with Crippen molar-refractivity contribution in [2.45, 2.75) is 39.8 Å². The van der Waals surface area contributed by atoms with Gasteiger partial charge in [-0.05, 0) is 27.7 Å². The summed E-state index contributed by atoms with van der Waals surface area (Å²) in [6, 6.07) is 1.25. The Hall–Kier alpha value is 1.21. The number of halogens is 1. The molecule has 0 aromatic rings. The summed E-state index contributed by atoms with van der Waals surface area (Å²) in [5.41, 5.74) is 0. The minimum atomic E-state index is 0. The fraction of sp³-hybridized carbons (Fsp3) is 0.875. The Morgan fingerprint density at radius 2 is 1.36 bits per heavy atom. The van der Waals surface area contributed by atoms with Crippen LogP contribution in [0.3, 0.4) is 0 Å². The number of rotatable bonds is 3. The Morgan fingerprint density at radius 3 is 1.36 bits per heavy atom. The molecule has 0 unspecified atom stereocenters. The normalized spacial score (nSPS) is 9.82.